The van der Waals surface area contributed by atoms with Gasteiger partial charge in [0, 0.05) is 0 Å². The van der Waals surface area contributed by atoms with Gasteiger partial charge in [-0.1, -0.05) is 30.3 Å². The summed E-state index contributed by atoms with van der Waals surface area (Å²) in [7, 11) is 1.36. The van der Waals surface area contributed by atoms with E-state index in [0.29, 0.717) is 6.42 Å². The number of aliphatic hydroxyl groups excluding tert-OH is 1. The van der Waals surface area contributed by atoms with Gasteiger partial charge in [-0.2, -0.15) is 0 Å². The van der Waals surface area contributed by atoms with Crippen molar-refractivity contribution in [2.24, 2.45) is 5.92 Å². The Morgan fingerprint density at radius 1 is 1.35 bits per heavy atom. The SMILES string of the molecule is COC(=O)[C@H](CCCc1ccccc1)[C@H](C)O. The van der Waals surface area contributed by atoms with Gasteiger partial charge < -0.3 is 9.84 Å². The lowest BCUT2D eigenvalue weighted by Gasteiger charge is -2.17. The highest BCUT2D eigenvalue weighted by Gasteiger charge is 2.23. The molecule has 0 amide bonds. The van der Waals surface area contributed by atoms with Gasteiger partial charge in [0.2, 0.25) is 0 Å². The molecule has 1 rings (SSSR count). The van der Waals surface area contributed by atoms with E-state index in [9.17, 15) is 9.90 Å². The highest BCUT2D eigenvalue weighted by molar-refractivity contribution is 5.72. The van der Waals surface area contributed by atoms with Crippen LogP contribution in [0.3, 0.4) is 0 Å². The minimum absolute atomic E-state index is 0.326. The van der Waals surface area contributed by atoms with E-state index in [0.717, 1.165) is 12.8 Å². The Balaban J connectivity index is 2.40. The van der Waals surface area contributed by atoms with E-state index in [1.165, 1.54) is 12.7 Å². The smallest absolute Gasteiger partial charge is 0.311 e. The van der Waals surface area contributed by atoms with Crippen molar-refractivity contribution in [1.82, 2.24) is 0 Å². The first kappa shape index (κ1) is 13.7. The Labute approximate surface area is 102 Å². The van der Waals surface area contributed by atoms with E-state index in [1.807, 2.05) is 18.2 Å². The number of benzene rings is 1. The van der Waals surface area contributed by atoms with E-state index in [1.54, 1.807) is 6.92 Å². The highest BCUT2D eigenvalue weighted by atomic mass is 16.5. The van der Waals surface area contributed by atoms with Crippen LogP contribution >= 0.6 is 0 Å². The molecule has 0 aliphatic rings. The molecule has 0 bridgehead atoms. The number of carbonyl (C=O) groups excluding carboxylic acids is 1. The maximum absolute atomic E-state index is 11.4. The minimum atomic E-state index is -0.654. The average Bonchev–Trinajstić information content (AvgIpc) is 2.34. The number of hydrogen-bond donors (Lipinski definition) is 1. The molecule has 1 N–H and O–H groups in total. The van der Waals surface area contributed by atoms with Crippen molar-refractivity contribution in [3.63, 3.8) is 0 Å². The van der Waals surface area contributed by atoms with E-state index >= 15 is 0 Å². The van der Waals surface area contributed by atoms with Crippen molar-refractivity contribution in [2.45, 2.75) is 32.3 Å². The molecule has 17 heavy (non-hydrogen) atoms. The quantitative estimate of drug-likeness (QED) is 0.770. The third kappa shape index (κ3) is 4.57. The summed E-state index contributed by atoms with van der Waals surface area (Å²) in [4.78, 5) is 11.4. The van der Waals surface area contributed by atoms with Gasteiger partial charge in [-0.05, 0) is 31.7 Å². The topological polar surface area (TPSA) is 46.5 Å². The lowest BCUT2D eigenvalue weighted by atomic mass is 9.95. The normalized spacial score (nSPS) is 14.1. The number of aryl methyl sites for hydroxylation is 1. The number of esters is 1. The maximum Gasteiger partial charge on any atom is 0.311 e. The molecule has 3 heteroatoms. The van der Waals surface area contributed by atoms with Crippen molar-refractivity contribution < 1.29 is 14.6 Å². The zero-order chi connectivity index (χ0) is 12.7. The predicted octanol–water partition coefficient (Wildman–Crippen LogP) is 2.18. The summed E-state index contributed by atoms with van der Waals surface area (Å²) in [6.07, 6.45) is 1.79. The van der Waals surface area contributed by atoms with Gasteiger partial charge in [-0.25, -0.2) is 0 Å². The van der Waals surface area contributed by atoms with Gasteiger partial charge >= 0.3 is 5.97 Å². The van der Waals surface area contributed by atoms with Crippen LogP contribution in [0, 0.1) is 5.92 Å². The van der Waals surface area contributed by atoms with Gasteiger partial charge in [-0.15, -0.1) is 0 Å². The third-order valence-corrected chi connectivity index (χ3v) is 2.91. The fraction of sp³-hybridized carbons (Fsp3) is 0.500. The molecule has 2 atom stereocenters. The summed E-state index contributed by atoms with van der Waals surface area (Å²) in [5.41, 5.74) is 1.25. The van der Waals surface area contributed by atoms with Crippen molar-refractivity contribution in [3.05, 3.63) is 35.9 Å². The number of rotatable bonds is 6. The third-order valence-electron chi connectivity index (χ3n) is 2.91. The van der Waals surface area contributed by atoms with Crippen LogP contribution in [0.25, 0.3) is 0 Å². The van der Waals surface area contributed by atoms with Gasteiger partial charge in [-0.3, -0.25) is 4.79 Å². The summed E-state index contributed by atoms with van der Waals surface area (Å²) in [6.45, 7) is 1.63. The Bertz CT molecular complexity index is 333. The summed E-state index contributed by atoms with van der Waals surface area (Å²) in [6, 6.07) is 10.1. The molecule has 0 fully saturated rings. The van der Waals surface area contributed by atoms with E-state index in [-0.39, 0.29) is 5.97 Å². The zero-order valence-corrected chi connectivity index (χ0v) is 10.4. The summed E-state index contributed by atoms with van der Waals surface area (Å²) in [5.74, 6) is -0.739. The molecule has 0 saturated heterocycles. The number of carbonyl (C=O) groups is 1. The molecule has 0 unspecified atom stereocenters. The molecule has 0 aliphatic heterocycles. The predicted molar refractivity (Wildman–Crippen MR) is 66.6 cm³/mol. The molecule has 0 radical (unpaired) electrons. The molecule has 0 spiro atoms. The monoisotopic (exact) mass is 236 g/mol. The van der Waals surface area contributed by atoms with Crippen molar-refractivity contribution >= 4 is 5.97 Å². The van der Waals surface area contributed by atoms with E-state index in [4.69, 9.17) is 0 Å². The molecule has 0 aromatic heterocycles. The number of ether oxygens (including phenoxy) is 1. The summed E-state index contributed by atoms with van der Waals surface area (Å²) >= 11 is 0. The van der Waals surface area contributed by atoms with Gasteiger partial charge in [0.1, 0.15) is 0 Å². The second-order valence-corrected chi connectivity index (χ2v) is 4.25. The Morgan fingerprint density at radius 2 is 2.00 bits per heavy atom. The maximum atomic E-state index is 11.4. The van der Waals surface area contributed by atoms with Crippen LogP contribution < -0.4 is 0 Å². The van der Waals surface area contributed by atoms with Gasteiger partial charge in [0.25, 0.3) is 0 Å². The van der Waals surface area contributed by atoms with E-state index < -0.39 is 12.0 Å². The molecule has 0 saturated carbocycles. The number of hydrogen-bond acceptors (Lipinski definition) is 3. The first-order valence-electron chi connectivity index (χ1n) is 5.95. The molecule has 3 nitrogen and oxygen atoms in total. The van der Waals surface area contributed by atoms with Gasteiger partial charge in [0.05, 0.1) is 19.1 Å². The first-order chi connectivity index (χ1) is 8.15. The van der Waals surface area contributed by atoms with Crippen LogP contribution in [0.5, 0.6) is 0 Å². The summed E-state index contributed by atoms with van der Waals surface area (Å²) in [5, 5.41) is 9.51. The molecule has 1 aromatic carbocycles. The molecule has 94 valence electrons. The number of methoxy groups -OCH3 is 1. The van der Waals surface area contributed by atoms with Gasteiger partial charge in [0.15, 0.2) is 0 Å². The van der Waals surface area contributed by atoms with Crippen LogP contribution in [0.15, 0.2) is 30.3 Å². The minimum Gasteiger partial charge on any atom is -0.469 e. The fourth-order valence-electron chi connectivity index (χ4n) is 1.88. The fourth-order valence-corrected chi connectivity index (χ4v) is 1.88. The standard InChI is InChI=1S/C14H20O3/c1-11(15)13(14(16)17-2)10-6-9-12-7-4-3-5-8-12/h3-5,7-8,11,13,15H,6,9-10H2,1-2H3/t11-,13+/m0/s1. The Morgan fingerprint density at radius 3 is 2.53 bits per heavy atom. The second-order valence-electron chi connectivity index (χ2n) is 4.25. The van der Waals surface area contributed by atoms with Crippen LogP contribution in [0.2, 0.25) is 0 Å². The van der Waals surface area contributed by atoms with Crippen molar-refractivity contribution in [2.75, 3.05) is 7.11 Å². The highest BCUT2D eigenvalue weighted by Crippen LogP contribution is 2.15. The zero-order valence-electron chi connectivity index (χ0n) is 10.4. The largest absolute Gasteiger partial charge is 0.469 e. The molecule has 1 aromatic rings. The average molecular weight is 236 g/mol. The summed E-state index contributed by atoms with van der Waals surface area (Å²) < 4.78 is 4.68. The molecular weight excluding hydrogens is 216 g/mol. The molecule has 0 heterocycles. The van der Waals surface area contributed by atoms with Crippen LogP contribution in [-0.4, -0.2) is 24.3 Å². The van der Waals surface area contributed by atoms with Crippen molar-refractivity contribution in [3.8, 4) is 0 Å². The Hall–Kier alpha value is -1.35. The lowest BCUT2D eigenvalue weighted by molar-refractivity contribution is -0.149. The second kappa shape index (κ2) is 7.07. The number of aliphatic hydroxyl groups is 1. The molecule has 0 aliphatic carbocycles. The molecular formula is C14H20O3. The first-order valence-corrected chi connectivity index (χ1v) is 5.95. The van der Waals surface area contributed by atoms with Crippen LogP contribution in [0.1, 0.15) is 25.3 Å². The lowest BCUT2D eigenvalue weighted by Crippen LogP contribution is -2.27. The van der Waals surface area contributed by atoms with Crippen LogP contribution in [-0.2, 0) is 16.0 Å². The Kier molecular flexibility index (Phi) is 5.70. The van der Waals surface area contributed by atoms with Crippen molar-refractivity contribution in [1.29, 1.82) is 0 Å². The van der Waals surface area contributed by atoms with Crippen LogP contribution in [0.4, 0.5) is 0 Å². The van der Waals surface area contributed by atoms with E-state index in [2.05, 4.69) is 16.9 Å².